The molecule has 1 unspecified atom stereocenters. The van der Waals surface area contributed by atoms with Gasteiger partial charge in [0.05, 0.1) is 27.2 Å². The normalized spacial score (nSPS) is 12.7. The standard InChI is InChI=1S/C9H19NO3S3Si.C9H17NO3S3Si/c1-11-17(12-2,13-3)8-4-6-16(7-5-10)9(14)15;1-11-17(12-2,13-3)8-4-6-15-9(14)16-7-5-10/h16H,4,6-8H2,1-3H3,(H,14,15);4,6-8H2,1-3H3. The molecular formula is C18H36N2O6S6Si2. The molecule has 0 spiro atoms. The Hall–Kier alpha value is 0.754. The van der Waals surface area contributed by atoms with E-state index >= 15 is 0 Å². The Kier molecular flexibility index (Phi) is 24.9. The minimum absolute atomic E-state index is 0.415. The van der Waals surface area contributed by atoms with Crippen LogP contribution in [-0.2, 0) is 26.6 Å². The van der Waals surface area contributed by atoms with Crippen molar-refractivity contribution in [1.29, 1.82) is 10.5 Å². The predicted octanol–water partition coefficient (Wildman–Crippen LogP) is 4.52. The van der Waals surface area contributed by atoms with Gasteiger partial charge in [-0.15, -0.1) is 24.4 Å². The summed E-state index contributed by atoms with van der Waals surface area (Å²) < 4.78 is 33.4. The van der Waals surface area contributed by atoms with Gasteiger partial charge < -0.3 is 26.6 Å². The number of nitriles is 2. The lowest BCUT2D eigenvalue weighted by atomic mass is 10.6. The second-order valence-corrected chi connectivity index (χ2v) is 19.8. The van der Waals surface area contributed by atoms with Gasteiger partial charge in [0.2, 0.25) is 0 Å². The van der Waals surface area contributed by atoms with E-state index in [1.54, 1.807) is 54.4 Å². The Morgan fingerprint density at radius 2 is 1.29 bits per heavy atom. The molecule has 0 N–H and O–H groups in total. The Morgan fingerprint density at radius 3 is 1.68 bits per heavy atom. The molecule has 8 nitrogen and oxygen atoms in total. The summed E-state index contributed by atoms with van der Waals surface area (Å²) >= 11 is 17.3. The number of rotatable bonds is 16. The lowest BCUT2D eigenvalue weighted by Gasteiger charge is -2.25. The molecule has 0 aromatic heterocycles. The first-order chi connectivity index (χ1) is 16.2. The SMILES string of the molecule is CO[Si](CCCSC(=S)SCC#N)(OC)OC.CO[Si](CCC[SH](CC#N)C(=S)S)(OC)OC. The van der Waals surface area contributed by atoms with Crippen LogP contribution < -0.4 is 0 Å². The topological polar surface area (TPSA) is 103 Å². The zero-order valence-electron chi connectivity index (χ0n) is 20.5. The third kappa shape index (κ3) is 16.5. The van der Waals surface area contributed by atoms with E-state index in [1.807, 2.05) is 6.07 Å². The first kappa shape index (κ1) is 36.9. The largest absolute Gasteiger partial charge is 0.500 e. The summed E-state index contributed by atoms with van der Waals surface area (Å²) in [5, 5.41) is 17.1. The third-order valence-electron chi connectivity index (χ3n) is 4.41. The van der Waals surface area contributed by atoms with Gasteiger partial charge in [-0.1, -0.05) is 36.2 Å². The van der Waals surface area contributed by atoms with E-state index in [9.17, 15) is 0 Å². The summed E-state index contributed by atoms with van der Waals surface area (Å²) in [7, 11) is 4.12. The van der Waals surface area contributed by atoms with Crippen molar-refractivity contribution in [3.63, 3.8) is 0 Å². The summed E-state index contributed by atoms with van der Waals surface area (Å²) in [6.45, 7) is 0. The van der Waals surface area contributed by atoms with Crippen molar-refractivity contribution in [1.82, 2.24) is 0 Å². The van der Waals surface area contributed by atoms with Gasteiger partial charge in [-0.3, -0.25) is 0 Å². The highest BCUT2D eigenvalue weighted by molar-refractivity contribution is 8.50. The third-order valence-corrected chi connectivity index (χ3v) is 16.3. The van der Waals surface area contributed by atoms with Gasteiger partial charge >= 0.3 is 17.6 Å². The van der Waals surface area contributed by atoms with Crippen molar-refractivity contribution in [2.45, 2.75) is 24.9 Å². The lowest BCUT2D eigenvalue weighted by Crippen LogP contribution is -2.42. The molecule has 0 aliphatic carbocycles. The number of nitrogens with zero attached hydrogens (tertiary/aromatic N) is 2. The Balaban J connectivity index is 0. The predicted molar refractivity (Wildman–Crippen MR) is 161 cm³/mol. The van der Waals surface area contributed by atoms with Gasteiger partial charge in [-0.2, -0.15) is 21.4 Å². The van der Waals surface area contributed by atoms with E-state index in [4.69, 9.17) is 61.5 Å². The van der Waals surface area contributed by atoms with Gasteiger partial charge in [-0.05, 0) is 24.3 Å². The molecule has 0 amide bonds. The fourth-order valence-electron chi connectivity index (χ4n) is 2.50. The van der Waals surface area contributed by atoms with Crippen LogP contribution in [0.25, 0.3) is 0 Å². The summed E-state index contributed by atoms with van der Waals surface area (Å²) in [6.07, 6.45) is 1.79. The van der Waals surface area contributed by atoms with Crippen LogP contribution in [0.1, 0.15) is 12.8 Å². The zero-order valence-corrected chi connectivity index (χ0v) is 27.6. The molecule has 0 rings (SSSR count). The monoisotopic (exact) mass is 624 g/mol. The number of hydrogen-bond acceptors (Lipinski definition) is 12. The first-order valence-electron chi connectivity index (χ1n) is 10.0. The zero-order chi connectivity index (χ0) is 26.5. The van der Waals surface area contributed by atoms with E-state index in [-0.39, 0.29) is 0 Å². The Labute approximate surface area is 234 Å². The highest BCUT2D eigenvalue weighted by Crippen LogP contribution is 2.31. The van der Waals surface area contributed by atoms with Crippen LogP contribution in [0, 0.1) is 22.7 Å². The molecule has 0 fully saturated rings. The second kappa shape index (κ2) is 22.9. The molecule has 0 radical (unpaired) electrons. The molecule has 1 atom stereocenters. The van der Waals surface area contributed by atoms with Gasteiger partial charge in [0.1, 0.15) is 3.53 Å². The van der Waals surface area contributed by atoms with E-state index < -0.39 is 28.5 Å². The van der Waals surface area contributed by atoms with Crippen LogP contribution in [0.4, 0.5) is 0 Å². The molecule has 0 bridgehead atoms. The van der Waals surface area contributed by atoms with Crippen molar-refractivity contribution in [2.24, 2.45) is 0 Å². The second-order valence-electron chi connectivity index (χ2n) is 6.21. The number of hydrogen-bond donors (Lipinski definition) is 2. The van der Waals surface area contributed by atoms with E-state index in [0.717, 1.165) is 40.0 Å². The minimum Gasteiger partial charge on any atom is -0.377 e. The van der Waals surface area contributed by atoms with Crippen LogP contribution in [0.3, 0.4) is 0 Å². The quantitative estimate of drug-likeness (QED) is 0.109. The molecule has 34 heavy (non-hydrogen) atoms. The lowest BCUT2D eigenvalue weighted by molar-refractivity contribution is 0.123. The average molecular weight is 625 g/mol. The van der Waals surface area contributed by atoms with Crippen molar-refractivity contribution in [3.8, 4) is 12.1 Å². The summed E-state index contributed by atoms with van der Waals surface area (Å²) in [6, 6.07) is 5.70. The van der Waals surface area contributed by atoms with Crippen LogP contribution >= 0.6 is 71.5 Å². The van der Waals surface area contributed by atoms with Crippen LogP contribution in [0.2, 0.25) is 12.1 Å². The molecular weight excluding hydrogens is 589 g/mol. The molecule has 0 heterocycles. The average Bonchev–Trinajstić information content (AvgIpc) is 2.86. The smallest absolute Gasteiger partial charge is 0.377 e. The molecule has 0 aliphatic heterocycles. The number of thiocarbonyl (C=S) groups is 2. The molecule has 16 heteroatoms. The van der Waals surface area contributed by atoms with E-state index in [1.165, 1.54) is 11.8 Å². The van der Waals surface area contributed by atoms with Crippen LogP contribution in [0.15, 0.2) is 0 Å². The summed E-state index contributed by atoms with van der Waals surface area (Å²) in [4.78, 5) is 0. The minimum atomic E-state index is -2.48. The van der Waals surface area contributed by atoms with Gasteiger partial charge in [0.15, 0.2) is 0 Å². The highest BCUT2D eigenvalue weighted by atomic mass is 32.3. The van der Waals surface area contributed by atoms with Gasteiger partial charge in [-0.25, -0.2) is 0 Å². The molecule has 0 saturated carbocycles. The maximum atomic E-state index is 8.69. The van der Waals surface area contributed by atoms with Crippen molar-refractivity contribution in [3.05, 3.63) is 0 Å². The summed E-state index contributed by atoms with van der Waals surface area (Å²) in [5.74, 6) is 2.65. The Bertz CT molecular complexity index is 641. The molecule has 0 saturated heterocycles. The maximum absolute atomic E-state index is 8.69. The number of thiol groups is 2. The Morgan fingerprint density at radius 1 is 0.824 bits per heavy atom. The van der Waals surface area contributed by atoms with Crippen LogP contribution in [-0.4, -0.2) is 90.3 Å². The van der Waals surface area contributed by atoms with Crippen LogP contribution in [0.5, 0.6) is 0 Å². The first-order valence-corrected chi connectivity index (χ1v) is 18.8. The van der Waals surface area contributed by atoms with Crippen molar-refractivity contribution >= 4 is 96.1 Å². The van der Waals surface area contributed by atoms with E-state index in [2.05, 4.69) is 18.7 Å². The molecule has 0 aromatic carbocycles. The van der Waals surface area contributed by atoms with Crippen molar-refractivity contribution < 1.29 is 26.6 Å². The number of thioether (sulfide) groups is 2. The fraction of sp³-hybridized carbons (Fsp3) is 0.778. The van der Waals surface area contributed by atoms with Gasteiger partial charge in [0, 0.05) is 54.7 Å². The van der Waals surface area contributed by atoms with E-state index in [0.29, 0.717) is 15.0 Å². The van der Waals surface area contributed by atoms with Gasteiger partial charge in [0.25, 0.3) is 0 Å². The summed E-state index contributed by atoms with van der Waals surface area (Å²) in [5.41, 5.74) is 0. The molecule has 198 valence electrons. The highest BCUT2D eigenvalue weighted by Gasteiger charge is 2.37. The fourth-order valence-corrected chi connectivity index (χ4v) is 10.5. The molecule has 0 aliphatic rings. The molecule has 0 aromatic rings. The van der Waals surface area contributed by atoms with Crippen molar-refractivity contribution in [2.75, 3.05) is 65.7 Å². The maximum Gasteiger partial charge on any atom is 0.500 e.